The summed E-state index contributed by atoms with van der Waals surface area (Å²) in [5.74, 6) is 11.5. The second-order valence-electron chi connectivity index (χ2n) is 31.5. The lowest BCUT2D eigenvalue weighted by atomic mass is 9.55. The molecule has 2 heterocycles. The van der Waals surface area contributed by atoms with E-state index in [1.807, 2.05) is 0 Å². The molecule has 16 rings (SSSR count). The van der Waals surface area contributed by atoms with Crippen LogP contribution < -0.4 is 0 Å². The fraction of sp³-hybridized carbons (Fsp3) is 0.459. The number of fused-ring (bicyclic) bond motifs is 10. The minimum Gasteiger partial charge on any atom is -0.456 e. The minimum absolute atomic E-state index is 0.161. The maximum atomic E-state index is 6.31. The standard InChI is InChI=1S/C85H94O2/c1-84(2,3)64-38-30-54(31-39-64)60-34-42-72-74(48-60)75-49-61(55-32-40-65(41-33-55)85(4,5)6)35-43-73(75)83(72)59-28-22-56(23-29-59)66-44-45-71(68-15-11-14-67(66)68)82(57-24-18-52(19-25-57)62-36-46-80-76(50-62)69-12-7-9-16-78(69)86-80)58-26-20-53(21-27-58)63-37-47-81-77(51-63)70-13-8-10-17-79(70)87-81/h7-10,12-13,16-19,24-25,30-34,36-42,46-48,50-51,53,56,58-59,61,66-68,71-75,82-83H,11,14-15,20-23,26-29,35,43-45,49H2,1-6H3. The van der Waals surface area contributed by atoms with Gasteiger partial charge in [0.1, 0.15) is 22.3 Å². The highest BCUT2D eigenvalue weighted by Crippen LogP contribution is 2.64. The monoisotopic (exact) mass is 1150 g/mol. The molecule has 0 amide bonds. The van der Waals surface area contributed by atoms with Crippen LogP contribution in [0.3, 0.4) is 0 Å². The molecule has 0 bridgehead atoms. The molecule has 0 aliphatic heterocycles. The highest BCUT2D eigenvalue weighted by Gasteiger charge is 2.55. The van der Waals surface area contributed by atoms with Gasteiger partial charge in [0.05, 0.1) is 0 Å². The Labute approximate surface area is 519 Å². The number of hydrogen-bond acceptors (Lipinski definition) is 2. The predicted molar refractivity (Wildman–Crippen MR) is 364 cm³/mol. The number of allylic oxidation sites excluding steroid dienone is 4. The van der Waals surface area contributed by atoms with Crippen LogP contribution in [0, 0.1) is 71.0 Å². The molecule has 2 heteroatoms. The van der Waals surface area contributed by atoms with E-state index in [1.165, 1.54) is 163 Å². The van der Waals surface area contributed by atoms with Crippen LogP contribution in [-0.2, 0) is 10.8 Å². The average Bonchev–Trinajstić information content (AvgIpc) is 1.92. The third-order valence-electron chi connectivity index (χ3n) is 25.2. The van der Waals surface area contributed by atoms with Gasteiger partial charge in [0.2, 0.25) is 0 Å². The van der Waals surface area contributed by atoms with Crippen molar-refractivity contribution in [2.45, 2.75) is 173 Å². The highest BCUT2D eigenvalue weighted by atomic mass is 16.3. The lowest BCUT2D eigenvalue weighted by Crippen LogP contribution is -2.41. The molecule has 0 spiro atoms. The second-order valence-corrected chi connectivity index (χ2v) is 31.5. The van der Waals surface area contributed by atoms with Crippen molar-refractivity contribution in [2.75, 3.05) is 0 Å². The zero-order valence-corrected chi connectivity index (χ0v) is 53.0. The van der Waals surface area contributed by atoms with E-state index < -0.39 is 0 Å². The minimum atomic E-state index is 0.161. The summed E-state index contributed by atoms with van der Waals surface area (Å²) in [7, 11) is 0. The van der Waals surface area contributed by atoms with E-state index in [2.05, 4.69) is 217 Å². The maximum Gasteiger partial charge on any atom is 0.135 e. The van der Waals surface area contributed by atoms with Gasteiger partial charge in [-0.3, -0.25) is 0 Å². The maximum absolute atomic E-state index is 6.31. The van der Waals surface area contributed by atoms with Crippen molar-refractivity contribution in [1.29, 1.82) is 0 Å². The van der Waals surface area contributed by atoms with Crippen LogP contribution in [0.4, 0.5) is 0 Å². The number of para-hydroxylation sites is 2. The van der Waals surface area contributed by atoms with Crippen molar-refractivity contribution < 1.29 is 8.83 Å². The first-order valence-corrected chi connectivity index (χ1v) is 34.9. The molecule has 6 saturated carbocycles. The van der Waals surface area contributed by atoms with Crippen LogP contribution in [0.15, 0.2) is 185 Å². The fourth-order valence-electron chi connectivity index (χ4n) is 20.9. The Bertz CT molecular complexity index is 4000. The number of furan rings is 2. The Hall–Kier alpha value is -6.38. The normalized spacial score (nSPS) is 30.6. The summed E-state index contributed by atoms with van der Waals surface area (Å²) >= 11 is 0. The second kappa shape index (κ2) is 22.3. The molecule has 0 N–H and O–H groups in total. The molecular formula is C85H94O2. The first-order valence-electron chi connectivity index (χ1n) is 34.9. The van der Waals surface area contributed by atoms with E-state index >= 15 is 0 Å². The lowest BCUT2D eigenvalue weighted by molar-refractivity contribution is 0.0192. The lowest BCUT2D eigenvalue weighted by Gasteiger charge is -2.50. The summed E-state index contributed by atoms with van der Waals surface area (Å²) in [5.41, 5.74) is 17.4. The first-order chi connectivity index (χ1) is 42.3. The number of rotatable bonds is 9. The summed E-state index contributed by atoms with van der Waals surface area (Å²) in [6, 6.07) is 60.8. The fourth-order valence-corrected chi connectivity index (χ4v) is 20.9. The zero-order valence-electron chi connectivity index (χ0n) is 53.0. The van der Waals surface area contributed by atoms with Gasteiger partial charge in [-0.15, -0.1) is 0 Å². The van der Waals surface area contributed by atoms with Gasteiger partial charge in [-0.05, 0) is 282 Å². The molecule has 11 unspecified atom stereocenters. The molecule has 7 aromatic carbocycles. The van der Waals surface area contributed by atoms with Crippen molar-refractivity contribution in [2.24, 2.45) is 71.0 Å². The number of hydrogen-bond donors (Lipinski definition) is 0. The summed E-state index contributed by atoms with van der Waals surface area (Å²) in [6.45, 7) is 14.1. The van der Waals surface area contributed by atoms with Gasteiger partial charge >= 0.3 is 0 Å². The molecule has 87 heavy (non-hydrogen) atoms. The Morgan fingerprint density at radius 2 is 0.966 bits per heavy atom. The molecular weight excluding hydrogens is 1050 g/mol. The predicted octanol–water partition coefficient (Wildman–Crippen LogP) is 23.8. The quantitative estimate of drug-likeness (QED) is 0.144. The van der Waals surface area contributed by atoms with Crippen molar-refractivity contribution in [1.82, 2.24) is 0 Å². The molecule has 7 aliphatic rings. The van der Waals surface area contributed by atoms with Crippen LogP contribution >= 0.6 is 0 Å². The molecule has 6 fully saturated rings. The van der Waals surface area contributed by atoms with E-state index in [9.17, 15) is 0 Å². The Balaban J connectivity index is 0.645. The molecule has 446 valence electrons. The van der Waals surface area contributed by atoms with Crippen LogP contribution in [-0.4, -0.2) is 0 Å². The van der Waals surface area contributed by atoms with Crippen molar-refractivity contribution >= 4 is 49.5 Å². The third-order valence-corrected chi connectivity index (χ3v) is 25.2. The van der Waals surface area contributed by atoms with Crippen LogP contribution in [0.1, 0.15) is 195 Å². The zero-order chi connectivity index (χ0) is 58.7. The van der Waals surface area contributed by atoms with Gasteiger partial charge < -0.3 is 8.83 Å². The molecule has 0 saturated heterocycles. The molecule has 2 nitrogen and oxygen atoms in total. The molecule has 9 aromatic rings. The first kappa shape index (κ1) is 55.9. The Kier molecular flexibility index (Phi) is 14.3. The molecule has 2 aromatic heterocycles. The van der Waals surface area contributed by atoms with Crippen LogP contribution in [0.2, 0.25) is 0 Å². The summed E-state index contributed by atoms with van der Waals surface area (Å²) < 4.78 is 12.6. The number of benzene rings is 7. The summed E-state index contributed by atoms with van der Waals surface area (Å²) in [4.78, 5) is 0. The Morgan fingerprint density at radius 1 is 0.402 bits per heavy atom. The smallest absolute Gasteiger partial charge is 0.135 e. The molecule has 7 aliphatic carbocycles. The van der Waals surface area contributed by atoms with Gasteiger partial charge in [-0.25, -0.2) is 0 Å². The van der Waals surface area contributed by atoms with Crippen molar-refractivity contribution in [3.63, 3.8) is 0 Å². The van der Waals surface area contributed by atoms with E-state index in [4.69, 9.17) is 8.83 Å². The summed E-state index contributed by atoms with van der Waals surface area (Å²) in [5, 5.41) is 4.94. The van der Waals surface area contributed by atoms with E-state index in [0.717, 1.165) is 81.5 Å². The average molecular weight is 1150 g/mol. The Morgan fingerprint density at radius 3 is 1.66 bits per heavy atom. The van der Waals surface area contributed by atoms with Crippen LogP contribution in [0.5, 0.6) is 0 Å². The van der Waals surface area contributed by atoms with E-state index in [1.54, 1.807) is 11.1 Å². The van der Waals surface area contributed by atoms with Gasteiger partial charge in [0.25, 0.3) is 0 Å². The van der Waals surface area contributed by atoms with Crippen molar-refractivity contribution in [3.05, 3.63) is 209 Å². The van der Waals surface area contributed by atoms with Gasteiger partial charge in [0.15, 0.2) is 0 Å². The van der Waals surface area contributed by atoms with Crippen LogP contribution in [0.25, 0.3) is 60.6 Å². The topological polar surface area (TPSA) is 26.3 Å². The third kappa shape index (κ3) is 10.2. The largest absolute Gasteiger partial charge is 0.456 e. The molecule has 11 atom stereocenters. The summed E-state index contributed by atoms with van der Waals surface area (Å²) in [6.07, 6.45) is 30.5. The van der Waals surface area contributed by atoms with E-state index in [0.29, 0.717) is 29.6 Å². The van der Waals surface area contributed by atoms with Gasteiger partial charge in [0, 0.05) is 21.5 Å². The SMILES string of the molecule is CC(C)(C)c1ccc(C2=CC3C(C=C2)C(C2CCC(C4CCC(C(c5ccc(-c6ccc7oc8ccccc8c7c6)cc5)C5CCC(c6ccc7oc8ccccc8c7c6)CC5)C5CCCC45)CC2)C2CCC(c4ccc(C(C)(C)C)cc4)CC32)cc1. The highest BCUT2D eigenvalue weighted by molar-refractivity contribution is 6.06. The van der Waals surface area contributed by atoms with Crippen molar-refractivity contribution in [3.8, 4) is 11.1 Å². The van der Waals surface area contributed by atoms with Gasteiger partial charge in [-0.2, -0.15) is 0 Å². The van der Waals surface area contributed by atoms with Gasteiger partial charge in [-0.1, -0.05) is 188 Å². The van der Waals surface area contributed by atoms with E-state index in [-0.39, 0.29) is 10.8 Å². The molecule has 0 radical (unpaired) electrons.